The normalized spacial score (nSPS) is 14.1. The standard InChI is InChI=1S/C14H24N2/c1-11(2)16(12(3)4)14(15(5)6)13-9-7-8-10-13/h7-12H,1-6H3. The average molecular weight is 220 g/mol. The van der Waals surface area contributed by atoms with Crippen LogP contribution >= 0.6 is 0 Å². The SMILES string of the molecule is CC(C)N(C(=C1C=CC=C1)N(C)C)C(C)C. The maximum atomic E-state index is 2.45. The highest BCUT2D eigenvalue weighted by Crippen LogP contribution is 2.23. The number of nitrogens with zero attached hydrogens (tertiary/aromatic N) is 2. The van der Waals surface area contributed by atoms with Crippen LogP contribution in [0, 0.1) is 0 Å². The Morgan fingerprint density at radius 2 is 1.38 bits per heavy atom. The molecule has 1 rings (SSSR count). The van der Waals surface area contributed by atoms with Gasteiger partial charge in [0, 0.05) is 31.8 Å². The van der Waals surface area contributed by atoms with Crippen molar-refractivity contribution < 1.29 is 0 Å². The Hall–Kier alpha value is -1.18. The Kier molecular flexibility index (Phi) is 4.22. The van der Waals surface area contributed by atoms with E-state index in [2.05, 4.69) is 75.9 Å². The molecule has 2 nitrogen and oxygen atoms in total. The summed E-state index contributed by atoms with van der Waals surface area (Å²) in [6.07, 6.45) is 8.54. The van der Waals surface area contributed by atoms with E-state index in [4.69, 9.17) is 0 Å². The van der Waals surface area contributed by atoms with Crippen LogP contribution in [0.1, 0.15) is 27.7 Å². The van der Waals surface area contributed by atoms with Crippen molar-refractivity contribution in [3.63, 3.8) is 0 Å². The van der Waals surface area contributed by atoms with Gasteiger partial charge in [-0.15, -0.1) is 0 Å². The summed E-state index contributed by atoms with van der Waals surface area (Å²) >= 11 is 0. The number of hydrogen-bond donors (Lipinski definition) is 0. The van der Waals surface area contributed by atoms with Gasteiger partial charge in [-0.3, -0.25) is 0 Å². The van der Waals surface area contributed by atoms with Crippen molar-refractivity contribution in [2.24, 2.45) is 0 Å². The molecule has 0 saturated carbocycles. The third-order valence-corrected chi connectivity index (χ3v) is 2.70. The predicted octanol–water partition coefficient (Wildman–Crippen LogP) is 3.00. The lowest BCUT2D eigenvalue weighted by molar-refractivity contribution is 0.173. The molecule has 1 aliphatic carbocycles. The molecule has 0 heterocycles. The molecule has 0 fully saturated rings. The second-order valence-electron chi connectivity index (χ2n) is 4.99. The van der Waals surface area contributed by atoms with Crippen molar-refractivity contribution in [1.82, 2.24) is 9.80 Å². The zero-order valence-corrected chi connectivity index (χ0v) is 11.4. The van der Waals surface area contributed by atoms with E-state index >= 15 is 0 Å². The highest BCUT2D eigenvalue weighted by molar-refractivity contribution is 5.42. The summed E-state index contributed by atoms with van der Waals surface area (Å²) in [7, 11) is 4.22. The highest BCUT2D eigenvalue weighted by atomic mass is 15.3. The van der Waals surface area contributed by atoms with Gasteiger partial charge in [-0.25, -0.2) is 0 Å². The molecule has 0 amide bonds. The third kappa shape index (κ3) is 2.69. The third-order valence-electron chi connectivity index (χ3n) is 2.70. The smallest absolute Gasteiger partial charge is 0.111 e. The molecular formula is C14H24N2. The largest absolute Gasteiger partial charge is 0.364 e. The maximum Gasteiger partial charge on any atom is 0.111 e. The quantitative estimate of drug-likeness (QED) is 0.718. The second-order valence-corrected chi connectivity index (χ2v) is 4.99. The molecule has 0 spiro atoms. The molecule has 0 atom stereocenters. The van der Waals surface area contributed by atoms with E-state index in [-0.39, 0.29) is 0 Å². The van der Waals surface area contributed by atoms with Crippen LogP contribution in [0.2, 0.25) is 0 Å². The maximum absolute atomic E-state index is 2.45. The minimum atomic E-state index is 0.507. The molecule has 2 heteroatoms. The van der Waals surface area contributed by atoms with Gasteiger partial charge < -0.3 is 9.80 Å². The van der Waals surface area contributed by atoms with E-state index in [1.54, 1.807) is 0 Å². The van der Waals surface area contributed by atoms with Gasteiger partial charge in [0.25, 0.3) is 0 Å². The summed E-state index contributed by atoms with van der Waals surface area (Å²) in [6, 6.07) is 1.01. The van der Waals surface area contributed by atoms with Gasteiger partial charge in [-0.2, -0.15) is 0 Å². The lowest BCUT2D eigenvalue weighted by atomic mass is 10.2. The summed E-state index contributed by atoms with van der Waals surface area (Å²) in [5, 5.41) is 0. The molecule has 1 aliphatic rings. The van der Waals surface area contributed by atoms with E-state index < -0.39 is 0 Å². The first-order chi connectivity index (χ1) is 7.45. The first kappa shape index (κ1) is 12.9. The van der Waals surface area contributed by atoms with Crippen LogP contribution in [0.15, 0.2) is 35.7 Å². The molecule has 0 aromatic heterocycles. The molecule has 16 heavy (non-hydrogen) atoms. The Morgan fingerprint density at radius 3 is 1.69 bits per heavy atom. The molecule has 0 N–H and O–H groups in total. The van der Waals surface area contributed by atoms with Gasteiger partial charge in [0.05, 0.1) is 0 Å². The van der Waals surface area contributed by atoms with Crippen LogP contribution in [-0.4, -0.2) is 36.0 Å². The Bertz CT molecular complexity index is 298. The summed E-state index contributed by atoms with van der Waals surface area (Å²) in [6.45, 7) is 8.97. The Labute approximate surface area is 99.9 Å². The first-order valence-corrected chi connectivity index (χ1v) is 5.99. The van der Waals surface area contributed by atoms with Gasteiger partial charge in [0.15, 0.2) is 0 Å². The number of allylic oxidation sites excluding steroid dienone is 5. The summed E-state index contributed by atoms with van der Waals surface area (Å²) in [4.78, 5) is 4.66. The van der Waals surface area contributed by atoms with Crippen LogP contribution in [-0.2, 0) is 0 Å². The van der Waals surface area contributed by atoms with Crippen LogP contribution in [0.5, 0.6) is 0 Å². The molecule has 0 aromatic carbocycles. The summed E-state index contributed by atoms with van der Waals surface area (Å²) < 4.78 is 0. The number of hydrogen-bond acceptors (Lipinski definition) is 2. The molecular weight excluding hydrogens is 196 g/mol. The topological polar surface area (TPSA) is 6.48 Å². The molecule has 0 saturated heterocycles. The average Bonchev–Trinajstić information content (AvgIpc) is 2.64. The van der Waals surface area contributed by atoms with Crippen molar-refractivity contribution in [1.29, 1.82) is 0 Å². The van der Waals surface area contributed by atoms with Gasteiger partial charge >= 0.3 is 0 Å². The van der Waals surface area contributed by atoms with E-state index in [0.29, 0.717) is 12.1 Å². The van der Waals surface area contributed by atoms with Crippen LogP contribution in [0.3, 0.4) is 0 Å². The fraction of sp³-hybridized carbons (Fsp3) is 0.571. The lowest BCUT2D eigenvalue weighted by Gasteiger charge is -2.39. The predicted molar refractivity (Wildman–Crippen MR) is 71.1 cm³/mol. The zero-order chi connectivity index (χ0) is 12.3. The van der Waals surface area contributed by atoms with Gasteiger partial charge in [0.1, 0.15) is 5.82 Å². The van der Waals surface area contributed by atoms with Crippen molar-refractivity contribution >= 4 is 0 Å². The monoisotopic (exact) mass is 220 g/mol. The van der Waals surface area contributed by atoms with Crippen LogP contribution in [0.4, 0.5) is 0 Å². The minimum absolute atomic E-state index is 0.507. The van der Waals surface area contributed by atoms with Crippen molar-refractivity contribution in [2.75, 3.05) is 14.1 Å². The van der Waals surface area contributed by atoms with E-state index in [0.717, 1.165) is 0 Å². The fourth-order valence-electron chi connectivity index (χ4n) is 2.25. The van der Waals surface area contributed by atoms with E-state index in [1.807, 2.05) is 0 Å². The summed E-state index contributed by atoms with van der Waals surface area (Å²) in [5.74, 6) is 1.30. The van der Waals surface area contributed by atoms with Gasteiger partial charge in [-0.05, 0) is 27.7 Å². The lowest BCUT2D eigenvalue weighted by Crippen LogP contribution is -2.41. The van der Waals surface area contributed by atoms with Crippen molar-refractivity contribution in [3.8, 4) is 0 Å². The van der Waals surface area contributed by atoms with Crippen LogP contribution < -0.4 is 0 Å². The molecule has 0 unspecified atom stereocenters. The van der Waals surface area contributed by atoms with Gasteiger partial charge in [-0.1, -0.05) is 24.3 Å². The minimum Gasteiger partial charge on any atom is -0.364 e. The Morgan fingerprint density at radius 1 is 0.938 bits per heavy atom. The zero-order valence-electron chi connectivity index (χ0n) is 11.4. The molecule has 0 aromatic rings. The van der Waals surface area contributed by atoms with Crippen molar-refractivity contribution in [3.05, 3.63) is 35.7 Å². The molecule has 0 bridgehead atoms. The molecule has 0 aliphatic heterocycles. The molecule has 0 radical (unpaired) electrons. The summed E-state index contributed by atoms with van der Waals surface area (Å²) in [5.41, 5.74) is 1.30. The van der Waals surface area contributed by atoms with E-state index in [9.17, 15) is 0 Å². The molecule has 90 valence electrons. The number of rotatable bonds is 4. The van der Waals surface area contributed by atoms with E-state index in [1.165, 1.54) is 11.4 Å². The highest BCUT2D eigenvalue weighted by Gasteiger charge is 2.20. The van der Waals surface area contributed by atoms with Crippen LogP contribution in [0.25, 0.3) is 0 Å². The fourth-order valence-corrected chi connectivity index (χ4v) is 2.25. The van der Waals surface area contributed by atoms with Gasteiger partial charge in [0.2, 0.25) is 0 Å². The Balaban J connectivity index is 3.15. The second kappa shape index (κ2) is 5.24. The van der Waals surface area contributed by atoms with Crippen molar-refractivity contribution in [2.45, 2.75) is 39.8 Å². The first-order valence-electron chi connectivity index (χ1n) is 5.99.